The first-order chi connectivity index (χ1) is 9.11. The SMILES string of the molecule is Cc1cc(C)n(C2CN(CCn3cc(Cl)cn3)C2)n1. The van der Waals surface area contributed by atoms with Crippen molar-refractivity contribution in [2.45, 2.75) is 26.4 Å². The van der Waals surface area contributed by atoms with Crippen molar-refractivity contribution in [3.05, 3.63) is 34.9 Å². The Labute approximate surface area is 117 Å². The van der Waals surface area contributed by atoms with E-state index in [1.807, 2.05) is 17.8 Å². The molecule has 6 heteroatoms. The van der Waals surface area contributed by atoms with E-state index < -0.39 is 0 Å². The van der Waals surface area contributed by atoms with Crippen LogP contribution in [0, 0.1) is 13.8 Å². The van der Waals surface area contributed by atoms with Crippen molar-refractivity contribution in [2.75, 3.05) is 19.6 Å². The molecule has 0 radical (unpaired) electrons. The van der Waals surface area contributed by atoms with Crippen LogP contribution in [0.2, 0.25) is 5.02 Å². The van der Waals surface area contributed by atoms with Gasteiger partial charge in [-0.3, -0.25) is 14.3 Å². The molecule has 3 heterocycles. The Morgan fingerprint density at radius 1 is 1.32 bits per heavy atom. The Morgan fingerprint density at radius 2 is 2.11 bits per heavy atom. The third kappa shape index (κ3) is 2.67. The molecular weight excluding hydrogens is 262 g/mol. The summed E-state index contributed by atoms with van der Waals surface area (Å²) in [6, 6.07) is 2.66. The lowest BCUT2D eigenvalue weighted by Gasteiger charge is -2.39. The Kier molecular flexibility index (Phi) is 3.33. The van der Waals surface area contributed by atoms with Crippen LogP contribution in [0.5, 0.6) is 0 Å². The van der Waals surface area contributed by atoms with Gasteiger partial charge < -0.3 is 0 Å². The summed E-state index contributed by atoms with van der Waals surface area (Å²) in [5.74, 6) is 0. The van der Waals surface area contributed by atoms with Gasteiger partial charge in [0.1, 0.15) is 0 Å². The van der Waals surface area contributed by atoms with Gasteiger partial charge >= 0.3 is 0 Å². The number of nitrogens with zero attached hydrogens (tertiary/aromatic N) is 5. The number of aromatic nitrogens is 4. The lowest BCUT2D eigenvalue weighted by Crippen LogP contribution is -2.49. The lowest BCUT2D eigenvalue weighted by molar-refractivity contribution is 0.0919. The molecule has 1 fully saturated rings. The van der Waals surface area contributed by atoms with Crippen LogP contribution in [-0.4, -0.2) is 44.1 Å². The fourth-order valence-corrected chi connectivity index (χ4v) is 2.76. The highest BCUT2D eigenvalue weighted by Gasteiger charge is 2.29. The fourth-order valence-electron chi connectivity index (χ4n) is 2.60. The molecule has 1 aliphatic heterocycles. The molecule has 1 saturated heterocycles. The summed E-state index contributed by atoms with van der Waals surface area (Å²) < 4.78 is 4.04. The van der Waals surface area contributed by atoms with Crippen LogP contribution in [0.4, 0.5) is 0 Å². The van der Waals surface area contributed by atoms with Crippen LogP contribution in [0.15, 0.2) is 18.5 Å². The third-order valence-electron chi connectivity index (χ3n) is 3.58. The Morgan fingerprint density at radius 3 is 2.68 bits per heavy atom. The van der Waals surface area contributed by atoms with E-state index in [0.717, 1.165) is 31.9 Å². The van der Waals surface area contributed by atoms with Crippen LogP contribution >= 0.6 is 11.6 Å². The topological polar surface area (TPSA) is 38.9 Å². The minimum Gasteiger partial charge on any atom is -0.297 e. The molecular formula is C13H18ClN5. The summed E-state index contributed by atoms with van der Waals surface area (Å²) in [5, 5.41) is 9.42. The Bertz CT molecular complexity index is 567. The molecule has 0 unspecified atom stereocenters. The van der Waals surface area contributed by atoms with Gasteiger partial charge in [0.25, 0.3) is 0 Å². The average Bonchev–Trinajstić information content (AvgIpc) is 2.84. The number of likely N-dealkylation sites (tertiary alicyclic amines) is 1. The van der Waals surface area contributed by atoms with Crippen molar-refractivity contribution in [3.8, 4) is 0 Å². The second kappa shape index (κ2) is 4.98. The van der Waals surface area contributed by atoms with Gasteiger partial charge in [-0.25, -0.2) is 0 Å². The molecule has 0 amide bonds. The van der Waals surface area contributed by atoms with E-state index in [0.29, 0.717) is 11.1 Å². The first kappa shape index (κ1) is 12.7. The van der Waals surface area contributed by atoms with Gasteiger partial charge in [-0.05, 0) is 19.9 Å². The van der Waals surface area contributed by atoms with E-state index in [1.165, 1.54) is 5.69 Å². The maximum Gasteiger partial charge on any atom is 0.0785 e. The van der Waals surface area contributed by atoms with Gasteiger partial charge in [-0.15, -0.1) is 0 Å². The van der Waals surface area contributed by atoms with Crippen LogP contribution in [0.1, 0.15) is 17.4 Å². The Balaban J connectivity index is 1.49. The molecule has 0 N–H and O–H groups in total. The van der Waals surface area contributed by atoms with Crippen molar-refractivity contribution < 1.29 is 0 Å². The van der Waals surface area contributed by atoms with Crippen LogP contribution in [-0.2, 0) is 6.54 Å². The van der Waals surface area contributed by atoms with Crippen LogP contribution in [0.25, 0.3) is 0 Å². The van der Waals surface area contributed by atoms with E-state index in [-0.39, 0.29) is 0 Å². The Hall–Kier alpha value is -1.33. The monoisotopic (exact) mass is 279 g/mol. The number of halogens is 1. The molecule has 0 aromatic carbocycles. The second-order valence-corrected chi connectivity index (χ2v) is 5.64. The van der Waals surface area contributed by atoms with Crippen molar-refractivity contribution >= 4 is 11.6 Å². The summed E-state index contributed by atoms with van der Waals surface area (Å²) in [7, 11) is 0. The van der Waals surface area contributed by atoms with Gasteiger partial charge in [-0.1, -0.05) is 11.6 Å². The largest absolute Gasteiger partial charge is 0.297 e. The summed E-state index contributed by atoms with van der Waals surface area (Å²) in [4.78, 5) is 2.41. The molecule has 5 nitrogen and oxygen atoms in total. The zero-order valence-corrected chi connectivity index (χ0v) is 12.0. The van der Waals surface area contributed by atoms with E-state index in [9.17, 15) is 0 Å². The van der Waals surface area contributed by atoms with E-state index in [1.54, 1.807) is 6.20 Å². The van der Waals surface area contributed by atoms with Crippen molar-refractivity contribution in [1.29, 1.82) is 0 Å². The maximum absolute atomic E-state index is 5.84. The summed E-state index contributed by atoms with van der Waals surface area (Å²) in [6.45, 7) is 8.19. The number of aryl methyl sites for hydroxylation is 2. The molecule has 102 valence electrons. The van der Waals surface area contributed by atoms with Gasteiger partial charge in [0.05, 0.1) is 29.5 Å². The predicted molar refractivity (Wildman–Crippen MR) is 74.4 cm³/mol. The molecule has 0 spiro atoms. The highest BCUT2D eigenvalue weighted by molar-refractivity contribution is 6.30. The van der Waals surface area contributed by atoms with Crippen LogP contribution in [0.3, 0.4) is 0 Å². The highest BCUT2D eigenvalue weighted by Crippen LogP contribution is 2.22. The number of hydrogen-bond acceptors (Lipinski definition) is 3. The third-order valence-corrected chi connectivity index (χ3v) is 3.77. The smallest absolute Gasteiger partial charge is 0.0785 e. The minimum atomic E-state index is 0.523. The molecule has 3 rings (SSSR count). The van der Waals surface area contributed by atoms with Gasteiger partial charge in [0, 0.05) is 31.5 Å². The van der Waals surface area contributed by atoms with E-state index in [2.05, 4.69) is 32.8 Å². The van der Waals surface area contributed by atoms with Gasteiger partial charge in [-0.2, -0.15) is 10.2 Å². The summed E-state index contributed by atoms with van der Waals surface area (Å²) in [5.41, 5.74) is 2.35. The normalized spacial score (nSPS) is 16.8. The van der Waals surface area contributed by atoms with E-state index in [4.69, 9.17) is 11.6 Å². The number of rotatable bonds is 4. The minimum absolute atomic E-state index is 0.523. The van der Waals surface area contributed by atoms with Crippen molar-refractivity contribution in [1.82, 2.24) is 24.5 Å². The highest BCUT2D eigenvalue weighted by atomic mass is 35.5. The summed E-state index contributed by atoms with van der Waals surface area (Å²) in [6.07, 6.45) is 3.54. The zero-order chi connectivity index (χ0) is 13.4. The first-order valence-electron chi connectivity index (χ1n) is 6.55. The zero-order valence-electron chi connectivity index (χ0n) is 11.3. The quantitative estimate of drug-likeness (QED) is 0.858. The van der Waals surface area contributed by atoms with E-state index >= 15 is 0 Å². The average molecular weight is 280 g/mol. The van der Waals surface area contributed by atoms with Crippen LogP contribution < -0.4 is 0 Å². The summed E-state index contributed by atoms with van der Waals surface area (Å²) >= 11 is 5.84. The molecule has 1 aliphatic rings. The first-order valence-corrected chi connectivity index (χ1v) is 6.92. The maximum atomic E-state index is 5.84. The molecule has 0 saturated carbocycles. The molecule has 0 bridgehead atoms. The second-order valence-electron chi connectivity index (χ2n) is 5.21. The molecule has 2 aromatic rings. The fraction of sp³-hybridized carbons (Fsp3) is 0.538. The molecule has 0 aliphatic carbocycles. The molecule has 19 heavy (non-hydrogen) atoms. The number of hydrogen-bond donors (Lipinski definition) is 0. The van der Waals surface area contributed by atoms with Crippen molar-refractivity contribution in [3.63, 3.8) is 0 Å². The van der Waals surface area contributed by atoms with Crippen molar-refractivity contribution in [2.24, 2.45) is 0 Å². The van der Waals surface area contributed by atoms with Gasteiger partial charge in [0.15, 0.2) is 0 Å². The lowest BCUT2D eigenvalue weighted by atomic mass is 10.1. The molecule has 0 atom stereocenters. The van der Waals surface area contributed by atoms with Gasteiger partial charge in [0.2, 0.25) is 0 Å². The molecule has 2 aromatic heterocycles. The predicted octanol–water partition coefficient (Wildman–Crippen LogP) is 1.91. The standard InChI is InChI=1S/C13H18ClN5/c1-10-5-11(2)19(16-10)13-8-17(9-13)3-4-18-7-12(14)6-15-18/h5-7,13H,3-4,8-9H2,1-2H3.